The monoisotopic (exact) mass is 976 g/mol. The van der Waals surface area contributed by atoms with Crippen molar-refractivity contribution >= 4 is 64.1 Å². The Morgan fingerprint density at radius 2 is 1.64 bits per heavy atom. The molecule has 9 heterocycles. The van der Waals surface area contributed by atoms with Gasteiger partial charge in [-0.3, -0.25) is 48.8 Å². The van der Waals surface area contributed by atoms with Gasteiger partial charge >= 0.3 is 0 Å². The van der Waals surface area contributed by atoms with Crippen LogP contribution in [0.25, 0.3) is 11.1 Å². The van der Waals surface area contributed by atoms with E-state index in [4.69, 9.17) is 4.98 Å². The maximum atomic E-state index is 14.1. The van der Waals surface area contributed by atoms with Gasteiger partial charge < -0.3 is 34.7 Å². The SMILES string of the molecule is CNc1nc(Nc2cc(-c3ccnc(N4CCn5c(cc6c5CC(C)(C)C6)C4=O)c3CO)cn(C)c2=O)ccc1N1CCN(C2CCN(c3ccc4c(c3)C(=O)N(C3CCC(=O)NC3=O)C4=O)CC2)C[C@@H]1C. The number of hydrogen-bond acceptors (Lipinski definition) is 14. The number of piperazine rings is 1. The van der Waals surface area contributed by atoms with Crippen molar-refractivity contribution in [3.8, 4) is 11.1 Å². The van der Waals surface area contributed by atoms with Crippen molar-refractivity contribution in [1.82, 2.24) is 34.2 Å². The first-order valence-corrected chi connectivity index (χ1v) is 25.0. The summed E-state index contributed by atoms with van der Waals surface area (Å²) in [4.78, 5) is 98.2. The van der Waals surface area contributed by atoms with Crippen LogP contribution in [0.5, 0.6) is 0 Å². The number of anilines is 6. The summed E-state index contributed by atoms with van der Waals surface area (Å²) in [5.74, 6) is -0.615. The average Bonchev–Trinajstić information content (AvgIpc) is 3.96. The fourth-order valence-electron chi connectivity index (χ4n) is 12.1. The Bertz CT molecular complexity index is 3150. The number of nitrogens with one attached hydrogen (secondary N) is 3. The molecule has 0 bridgehead atoms. The lowest BCUT2D eigenvalue weighted by molar-refractivity contribution is -0.136. The minimum atomic E-state index is -0.998. The van der Waals surface area contributed by atoms with Gasteiger partial charge in [0.2, 0.25) is 11.8 Å². The van der Waals surface area contributed by atoms with E-state index >= 15 is 0 Å². The molecule has 19 nitrogen and oxygen atoms in total. The van der Waals surface area contributed by atoms with Crippen LogP contribution in [0.2, 0.25) is 0 Å². The van der Waals surface area contributed by atoms with Crippen LogP contribution in [-0.2, 0) is 42.6 Å². The van der Waals surface area contributed by atoms with Crippen LogP contribution in [-0.4, -0.2) is 128 Å². The number of amides is 5. The Morgan fingerprint density at radius 1 is 0.847 bits per heavy atom. The number of pyridine rings is 3. The maximum Gasteiger partial charge on any atom is 0.276 e. The highest BCUT2D eigenvalue weighted by Gasteiger charge is 2.45. The number of aromatic nitrogens is 4. The summed E-state index contributed by atoms with van der Waals surface area (Å²) in [6, 6.07) is 14.4. The summed E-state index contributed by atoms with van der Waals surface area (Å²) in [6.45, 7) is 11.5. The number of rotatable bonds is 10. The van der Waals surface area contributed by atoms with Crippen LogP contribution in [0.1, 0.15) is 94.5 Å². The van der Waals surface area contributed by atoms with E-state index in [-0.39, 0.29) is 53.5 Å². The molecule has 4 aromatic heterocycles. The predicted octanol–water partition coefficient (Wildman–Crippen LogP) is 4.29. The largest absolute Gasteiger partial charge is 0.392 e. The zero-order valence-corrected chi connectivity index (χ0v) is 41.3. The summed E-state index contributed by atoms with van der Waals surface area (Å²) in [6.07, 6.45) is 7.29. The van der Waals surface area contributed by atoms with Gasteiger partial charge in [-0.1, -0.05) is 13.8 Å². The lowest BCUT2D eigenvalue weighted by Gasteiger charge is -2.47. The fourth-order valence-corrected chi connectivity index (χ4v) is 12.1. The third kappa shape index (κ3) is 8.07. The number of aryl methyl sites for hydroxylation is 1. The van der Waals surface area contributed by atoms with Gasteiger partial charge in [-0.15, -0.1) is 0 Å². The molecule has 19 heteroatoms. The van der Waals surface area contributed by atoms with Gasteiger partial charge in [-0.2, -0.15) is 0 Å². The van der Waals surface area contributed by atoms with E-state index in [2.05, 4.69) is 61.0 Å². The maximum absolute atomic E-state index is 14.1. The van der Waals surface area contributed by atoms with Crippen molar-refractivity contribution < 1.29 is 29.1 Å². The van der Waals surface area contributed by atoms with Crippen molar-refractivity contribution in [2.24, 2.45) is 12.5 Å². The number of nitrogens with zero attached hydrogens (tertiary/aromatic N) is 9. The lowest BCUT2D eigenvalue weighted by Crippen LogP contribution is -2.57. The van der Waals surface area contributed by atoms with E-state index in [1.807, 2.05) is 31.3 Å². The second-order valence-corrected chi connectivity index (χ2v) is 20.9. The van der Waals surface area contributed by atoms with E-state index in [1.165, 1.54) is 15.8 Å². The van der Waals surface area contributed by atoms with Gasteiger partial charge in [0.1, 0.15) is 29.1 Å². The quantitative estimate of drug-likeness (QED) is 0.144. The second-order valence-electron chi connectivity index (χ2n) is 20.9. The van der Waals surface area contributed by atoms with Crippen molar-refractivity contribution in [3.05, 3.63) is 105 Å². The number of piperidine rings is 2. The number of benzene rings is 1. The molecule has 3 fully saturated rings. The van der Waals surface area contributed by atoms with Crippen molar-refractivity contribution in [2.45, 2.75) is 90.6 Å². The second kappa shape index (κ2) is 18.0. The lowest BCUT2D eigenvalue weighted by atomic mass is 9.90. The number of imide groups is 2. The minimum absolute atomic E-state index is 0.0751. The van der Waals surface area contributed by atoms with Gasteiger partial charge in [0.25, 0.3) is 23.3 Å². The summed E-state index contributed by atoms with van der Waals surface area (Å²) >= 11 is 0. The molecular weight excluding hydrogens is 917 g/mol. The molecule has 5 aliphatic heterocycles. The van der Waals surface area contributed by atoms with Gasteiger partial charge in [0.05, 0.1) is 23.4 Å². The van der Waals surface area contributed by atoms with Gasteiger partial charge in [-0.25, -0.2) is 9.97 Å². The topological polar surface area (TPSA) is 211 Å². The molecule has 6 aliphatic rings. The average molecular weight is 977 g/mol. The number of aliphatic hydroxyl groups is 1. The summed E-state index contributed by atoms with van der Waals surface area (Å²) < 4.78 is 3.65. The Labute approximate surface area is 416 Å². The Balaban J connectivity index is 0.741. The van der Waals surface area contributed by atoms with Crippen molar-refractivity contribution in [1.29, 1.82) is 0 Å². The van der Waals surface area contributed by atoms with E-state index in [9.17, 15) is 33.9 Å². The molecule has 72 heavy (non-hydrogen) atoms. The smallest absolute Gasteiger partial charge is 0.276 e. The van der Waals surface area contributed by atoms with Crippen LogP contribution >= 0.6 is 0 Å². The first-order chi connectivity index (χ1) is 34.6. The van der Waals surface area contributed by atoms with Crippen LogP contribution in [0, 0.1) is 5.41 Å². The number of carbonyl (C=O) groups is 5. The Kier molecular flexibility index (Phi) is 11.8. The normalized spacial score (nSPS) is 21.3. The van der Waals surface area contributed by atoms with Crippen LogP contribution in [0.4, 0.5) is 34.5 Å². The van der Waals surface area contributed by atoms with Crippen LogP contribution in [0.15, 0.2) is 65.7 Å². The molecule has 374 valence electrons. The molecule has 1 unspecified atom stereocenters. The number of fused-ring (bicyclic) bond motifs is 4. The zero-order chi connectivity index (χ0) is 50.3. The number of carbonyl (C=O) groups excluding carboxylic acids is 5. The first kappa shape index (κ1) is 47.0. The highest BCUT2D eigenvalue weighted by molar-refractivity contribution is 6.23. The fraction of sp³-hybridized carbons (Fsp3) is 0.434. The van der Waals surface area contributed by atoms with E-state index in [1.54, 1.807) is 48.6 Å². The molecule has 5 amide bonds. The predicted molar refractivity (Wildman–Crippen MR) is 272 cm³/mol. The Morgan fingerprint density at radius 3 is 2.39 bits per heavy atom. The Hall–Kier alpha value is -7.38. The van der Waals surface area contributed by atoms with Gasteiger partial charge in [0.15, 0.2) is 5.82 Å². The molecule has 2 atom stereocenters. The zero-order valence-electron chi connectivity index (χ0n) is 41.3. The molecule has 5 aromatic rings. The molecule has 0 saturated carbocycles. The highest BCUT2D eigenvalue weighted by Crippen LogP contribution is 2.41. The molecule has 4 N–H and O–H groups in total. The first-order valence-electron chi connectivity index (χ1n) is 25.0. The minimum Gasteiger partial charge on any atom is -0.392 e. The van der Waals surface area contributed by atoms with Crippen LogP contribution < -0.4 is 36.2 Å². The molecular formula is C53H60N12O7. The highest BCUT2D eigenvalue weighted by atomic mass is 16.3. The molecule has 1 aromatic carbocycles. The molecule has 0 spiro atoms. The van der Waals surface area contributed by atoms with Gasteiger partial charge in [0, 0.05) is 113 Å². The van der Waals surface area contributed by atoms with E-state index < -0.39 is 29.7 Å². The van der Waals surface area contributed by atoms with Gasteiger partial charge in [-0.05, 0) is 104 Å². The third-order valence-electron chi connectivity index (χ3n) is 15.7. The molecule has 3 saturated heterocycles. The molecule has 11 rings (SSSR count). The van der Waals surface area contributed by atoms with Crippen molar-refractivity contribution in [2.75, 3.05) is 71.6 Å². The summed E-state index contributed by atoms with van der Waals surface area (Å²) in [5.41, 5.74) is 7.54. The molecule has 1 aliphatic carbocycles. The van der Waals surface area contributed by atoms with Crippen LogP contribution in [0.3, 0.4) is 0 Å². The standard InChI is InChI=1S/C53H60N12O7/c1-30-27-61(33-13-16-60(17-14-33)34-6-7-36-37(24-34)50(70)65(49(36)69)41-9-11-45(67)58-48(41)68)18-19-62(30)40-8-10-44(57-46(40)54-4)56-39-22-32(28-59(5)51(39)71)35-12-15-55-47(38(35)29-66)64-21-20-63-42(52(64)72)23-31-25-53(2,3)26-43(31)63/h6-8,10,12,15,22-24,28,30,33,41,66H,9,11,13-14,16-21,25-27,29H2,1-5H3,(H2,54,56,57)(H,58,67,68)/t30-,41?/m0/s1. The summed E-state index contributed by atoms with van der Waals surface area (Å²) in [5, 5.41) is 19.7. The van der Waals surface area contributed by atoms with Crippen molar-refractivity contribution in [3.63, 3.8) is 0 Å². The number of hydrogen-bond donors (Lipinski definition) is 4. The summed E-state index contributed by atoms with van der Waals surface area (Å²) in [7, 11) is 3.52. The number of aliphatic hydroxyl groups excluding tert-OH is 1. The van der Waals surface area contributed by atoms with E-state index in [0.717, 1.165) is 74.7 Å². The third-order valence-corrected chi connectivity index (χ3v) is 15.7. The van der Waals surface area contributed by atoms with E-state index in [0.29, 0.717) is 64.7 Å². The molecule has 0 radical (unpaired) electrons.